The summed E-state index contributed by atoms with van der Waals surface area (Å²) in [7, 11) is 0. The molecule has 3 N–H and O–H groups in total. The molecule has 158 valence electrons. The van der Waals surface area contributed by atoms with E-state index in [2.05, 4.69) is 28.1 Å². The van der Waals surface area contributed by atoms with Gasteiger partial charge in [-0.25, -0.2) is 4.99 Å². The van der Waals surface area contributed by atoms with Gasteiger partial charge in [0.1, 0.15) is 5.75 Å². The molecule has 2 aliphatic rings. The standard InChI is InChI=1S/C24H30N4O2/c1-2-25-24(26-14-18-7-3-6-10-22(18)30-16-17-11-12-17)27-15-19-13-23(29)28-21-9-5-4-8-20(19)21/h3-10,17,19H,2,11-16H2,1H3,(H,28,29)(H2,25,26,27). The predicted molar refractivity (Wildman–Crippen MR) is 120 cm³/mol. The van der Waals surface area contributed by atoms with Crippen LogP contribution in [-0.4, -0.2) is 31.6 Å². The van der Waals surface area contributed by atoms with Gasteiger partial charge in [0, 0.05) is 36.7 Å². The molecule has 6 heteroatoms. The molecule has 2 aromatic rings. The molecule has 1 aliphatic heterocycles. The van der Waals surface area contributed by atoms with E-state index in [0.29, 0.717) is 19.5 Å². The number of hydrogen-bond donors (Lipinski definition) is 3. The smallest absolute Gasteiger partial charge is 0.225 e. The van der Waals surface area contributed by atoms with Gasteiger partial charge in [0.2, 0.25) is 5.91 Å². The summed E-state index contributed by atoms with van der Waals surface area (Å²) in [5.74, 6) is 2.56. The zero-order valence-electron chi connectivity index (χ0n) is 17.5. The molecule has 1 fully saturated rings. The summed E-state index contributed by atoms with van der Waals surface area (Å²) in [5, 5.41) is 9.68. The average Bonchev–Trinajstić information content (AvgIpc) is 3.59. The number of anilines is 1. The largest absolute Gasteiger partial charge is 0.493 e. The molecule has 6 nitrogen and oxygen atoms in total. The Kier molecular flexibility index (Phi) is 6.52. The van der Waals surface area contributed by atoms with Crippen LogP contribution in [0.5, 0.6) is 5.75 Å². The third kappa shape index (κ3) is 5.32. The number of carbonyl (C=O) groups is 1. The normalized spacial score (nSPS) is 18.4. The highest BCUT2D eigenvalue weighted by Crippen LogP contribution is 2.32. The summed E-state index contributed by atoms with van der Waals surface area (Å²) in [4.78, 5) is 16.8. The lowest BCUT2D eigenvalue weighted by Gasteiger charge is -2.26. The van der Waals surface area contributed by atoms with E-state index in [1.54, 1.807) is 0 Å². The van der Waals surface area contributed by atoms with Gasteiger partial charge in [0.05, 0.1) is 13.2 Å². The number of hydrogen-bond acceptors (Lipinski definition) is 3. The highest BCUT2D eigenvalue weighted by Gasteiger charge is 2.25. The Morgan fingerprint density at radius 3 is 2.77 bits per heavy atom. The first-order chi connectivity index (χ1) is 14.7. The lowest BCUT2D eigenvalue weighted by molar-refractivity contribution is -0.116. The van der Waals surface area contributed by atoms with Crippen molar-refractivity contribution in [3.05, 3.63) is 59.7 Å². The molecule has 0 bridgehead atoms. The van der Waals surface area contributed by atoms with Crippen LogP contribution in [0.3, 0.4) is 0 Å². The first kappa shape index (κ1) is 20.3. The van der Waals surface area contributed by atoms with Gasteiger partial charge >= 0.3 is 0 Å². The lowest BCUT2D eigenvalue weighted by atomic mass is 9.90. The van der Waals surface area contributed by atoms with E-state index in [4.69, 9.17) is 9.73 Å². The van der Waals surface area contributed by atoms with Crippen LogP contribution in [-0.2, 0) is 11.3 Å². The molecular formula is C24H30N4O2. The van der Waals surface area contributed by atoms with Crippen LogP contribution in [0.25, 0.3) is 0 Å². The van der Waals surface area contributed by atoms with Gasteiger partial charge in [-0.2, -0.15) is 0 Å². The van der Waals surface area contributed by atoms with E-state index in [9.17, 15) is 4.79 Å². The zero-order chi connectivity index (χ0) is 20.8. The molecule has 1 unspecified atom stereocenters. The minimum Gasteiger partial charge on any atom is -0.493 e. The Morgan fingerprint density at radius 2 is 1.93 bits per heavy atom. The first-order valence-corrected chi connectivity index (χ1v) is 10.8. The van der Waals surface area contributed by atoms with Crippen molar-refractivity contribution in [3.63, 3.8) is 0 Å². The number of guanidine groups is 1. The van der Waals surface area contributed by atoms with Crippen LogP contribution in [0.2, 0.25) is 0 Å². The van der Waals surface area contributed by atoms with Crippen LogP contribution in [0.15, 0.2) is 53.5 Å². The number of carbonyl (C=O) groups excluding carboxylic acids is 1. The van der Waals surface area contributed by atoms with Gasteiger partial charge in [-0.3, -0.25) is 4.79 Å². The van der Waals surface area contributed by atoms with Crippen LogP contribution in [0.1, 0.15) is 43.2 Å². The molecule has 0 aromatic heterocycles. The maximum absolute atomic E-state index is 12.1. The molecule has 1 aliphatic carbocycles. The van der Waals surface area contributed by atoms with Gasteiger partial charge < -0.3 is 20.7 Å². The van der Waals surface area contributed by atoms with Gasteiger partial charge in [0.25, 0.3) is 0 Å². The van der Waals surface area contributed by atoms with Gasteiger partial charge in [0.15, 0.2) is 5.96 Å². The monoisotopic (exact) mass is 406 g/mol. The number of ether oxygens (including phenoxy) is 1. The molecule has 0 saturated heterocycles. The molecule has 0 spiro atoms. The fraction of sp³-hybridized carbons (Fsp3) is 0.417. The van der Waals surface area contributed by atoms with E-state index in [0.717, 1.165) is 42.0 Å². The number of fused-ring (bicyclic) bond motifs is 1. The van der Waals surface area contributed by atoms with Gasteiger partial charge in [-0.05, 0) is 43.4 Å². The minimum absolute atomic E-state index is 0.0594. The number of para-hydroxylation sites is 2. The van der Waals surface area contributed by atoms with E-state index in [1.807, 2.05) is 43.3 Å². The summed E-state index contributed by atoms with van der Waals surface area (Å²) in [5.41, 5.74) is 3.15. The zero-order valence-corrected chi connectivity index (χ0v) is 17.5. The van der Waals surface area contributed by atoms with Gasteiger partial charge in [-0.15, -0.1) is 0 Å². The molecule has 2 aromatic carbocycles. The summed E-state index contributed by atoms with van der Waals surface area (Å²) in [6.45, 7) is 4.80. The summed E-state index contributed by atoms with van der Waals surface area (Å²) in [6.07, 6.45) is 3.02. The average molecular weight is 407 g/mol. The van der Waals surface area contributed by atoms with E-state index in [-0.39, 0.29) is 11.8 Å². The molecular weight excluding hydrogens is 376 g/mol. The van der Waals surface area contributed by atoms with Crippen LogP contribution < -0.4 is 20.7 Å². The maximum Gasteiger partial charge on any atom is 0.225 e. The molecule has 1 heterocycles. The summed E-state index contributed by atoms with van der Waals surface area (Å²) in [6, 6.07) is 16.1. The van der Waals surface area contributed by atoms with E-state index in [1.165, 1.54) is 18.4 Å². The summed E-state index contributed by atoms with van der Waals surface area (Å²) >= 11 is 0. The van der Waals surface area contributed by atoms with E-state index >= 15 is 0 Å². The second kappa shape index (κ2) is 9.65. The number of rotatable bonds is 8. The Labute approximate surface area is 178 Å². The maximum atomic E-state index is 12.1. The summed E-state index contributed by atoms with van der Waals surface area (Å²) < 4.78 is 6.00. The molecule has 1 atom stereocenters. The molecule has 30 heavy (non-hydrogen) atoms. The highest BCUT2D eigenvalue weighted by atomic mass is 16.5. The second-order valence-corrected chi connectivity index (χ2v) is 7.97. The molecule has 1 saturated carbocycles. The molecule has 0 radical (unpaired) electrons. The lowest BCUT2D eigenvalue weighted by Crippen LogP contribution is -2.40. The van der Waals surface area contributed by atoms with Gasteiger partial charge in [-0.1, -0.05) is 36.4 Å². The molecule has 1 amide bonds. The predicted octanol–water partition coefficient (Wildman–Crippen LogP) is 3.66. The Bertz CT molecular complexity index is 908. The second-order valence-electron chi connectivity index (χ2n) is 7.97. The SMILES string of the molecule is CCNC(=NCc1ccccc1OCC1CC1)NCC1CC(=O)Nc2ccccc21. The van der Waals surface area contributed by atoms with Crippen LogP contribution in [0.4, 0.5) is 5.69 Å². The third-order valence-electron chi connectivity index (χ3n) is 5.52. The van der Waals surface area contributed by atoms with Crippen LogP contribution in [0, 0.1) is 5.92 Å². The highest BCUT2D eigenvalue weighted by molar-refractivity contribution is 5.94. The number of nitrogens with one attached hydrogen (secondary N) is 3. The molecule has 4 rings (SSSR count). The van der Waals surface area contributed by atoms with Crippen molar-refractivity contribution in [2.75, 3.05) is 25.0 Å². The number of nitrogens with zero attached hydrogens (tertiary/aromatic N) is 1. The third-order valence-corrected chi connectivity index (χ3v) is 5.52. The minimum atomic E-state index is 0.0594. The Morgan fingerprint density at radius 1 is 1.13 bits per heavy atom. The fourth-order valence-corrected chi connectivity index (χ4v) is 3.68. The van der Waals surface area contributed by atoms with Crippen molar-refractivity contribution in [1.82, 2.24) is 10.6 Å². The quantitative estimate of drug-likeness (QED) is 0.462. The van der Waals surface area contributed by atoms with Crippen molar-refractivity contribution < 1.29 is 9.53 Å². The van der Waals surface area contributed by atoms with Crippen molar-refractivity contribution in [2.45, 2.75) is 38.6 Å². The fourth-order valence-electron chi connectivity index (χ4n) is 3.68. The van der Waals surface area contributed by atoms with Crippen molar-refractivity contribution in [1.29, 1.82) is 0 Å². The van der Waals surface area contributed by atoms with Crippen molar-refractivity contribution in [3.8, 4) is 5.75 Å². The van der Waals surface area contributed by atoms with Crippen molar-refractivity contribution >= 4 is 17.6 Å². The number of amides is 1. The van der Waals surface area contributed by atoms with E-state index < -0.39 is 0 Å². The number of aliphatic imine (C=N–C) groups is 1. The topological polar surface area (TPSA) is 74.8 Å². The number of benzene rings is 2. The Balaban J connectivity index is 1.41. The first-order valence-electron chi connectivity index (χ1n) is 10.8. The van der Waals surface area contributed by atoms with Crippen molar-refractivity contribution in [2.24, 2.45) is 10.9 Å². The van der Waals surface area contributed by atoms with Crippen LogP contribution >= 0.6 is 0 Å². The Hall–Kier alpha value is -3.02.